The minimum atomic E-state index is 0.0204. The molecule has 2 atom stereocenters. The van der Waals surface area contributed by atoms with E-state index in [-0.39, 0.29) is 18.0 Å². The standard InChI is InChI=1S/C9H18N2O2/c1-7-8(10)3-5-13-6-4-9(12)11(7)2/h7-8H,3-6,10H2,1-2H3. The van der Waals surface area contributed by atoms with Gasteiger partial charge in [0.15, 0.2) is 0 Å². The van der Waals surface area contributed by atoms with Crippen molar-refractivity contribution in [2.24, 2.45) is 5.73 Å². The second kappa shape index (κ2) is 4.58. The summed E-state index contributed by atoms with van der Waals surface area (Å²) in [6.07, 6.45) is 1.28. The highest BCUT2D eigenvalue weighted by Gasteiger charge is 2.22. The molecule has 0 saturated carbocycles. The molecule has 0 aromatic heterocycles. The molecule has 1 fully saturated rings. The molecule has 0 aromatic carbocycles. The van der Waals surface area contributed by atoms with Gasteiger partial charge in [0.2, 0.25) is 5.91 Å². The number of hydrogen-bond acceptors (Lipinski definition) is 3. The van der Waals surface area contributed by atoms with E-state index in [9.17, 15) is 4.79 Å². The highest BCUT2D eigenvalue weighted by atomic mass is 16.5. The van der Waals surface area contributed by atoms with Gasteiger partial charge in [-0.3, -0.25) is 4.79 Å². The van der Waals surface area contributed by atoms with E-state index >= 15 is 0 Å². The first kappa shape index (κ1) is 10.5. The van der Waals surface area contributed by atoms with Crippen molar-refractivity contribution in [3.8, 4) is 0 Å². The molecule has 1 rings (SSSR count). The number of nitrogens with two attached hydrogens (primary N) is 1. The van der Waals surface area contributed by atoms with Gasteiger partial charge in [-0.25, -0.2) is 0 Å². The Hall–Kier alpha value is -0.610. The minimum Gasteiger partial charge on any atom is -0.381 e. The fraction of sp³-hybridized carbons (Fsp3) is 0.889. The lowest BCUT2D eigenvalue weighted by Gasteiger charge is -2.28. The number of ether oxygens (including phenoxy) is 1. The molecule has 0 radical (unpaired) electrons. The Labute approximate surface area is 79.0 Å². The van der Waals surface area contributed by atoms with Crippen LogP contribution in [0.1, 0.15) is 19.8 Å². The lowest BCUT2D eigenvalue weighted by molar-refractivity contribution is -0.132. The Kier molecular flexibility index (Phi) is 3.69. The van der Waals surface area contributed by atoms with Crippen LogP contribution < -0.4 is 5.73 Å². The van der Waals surface area contributed by atoms with Gasteiger partial charge in [0.1, 0.15) is 0 Å². The number of amides is 1. The largest absolute Gasteiger partial charge is 0.381 e. The van der Waals surface area contributed by atoms with Gasteiger partial charge in [0.25, 0.3) is 0 Å². The molecule has 1 saturated heterocycles. The third-order valence-corrected chi connectivity index (χ3v) is 2.68. The van der Waals surface area contributed by atoms with Gasteiger partial charge < -0.3 is 15.4 Å². The highest BCUT2D eigenvalue weighted by Crippen LogP contribution is 2.08. The summed E-state index contributed by atoms with van der Waals surface area (Å²) in [5.74, 6) is 0.116. The summed E-state index contributed by atoms with van der Waals surface area (Å²) in [5.41, 5.74) is 5.90. The Morgan fingerprint density at radius 2 is 2.23 bits per heavy atom. The van der Waals surface area contributed by atoms with Crippen LogP contribution in [0.2, 0.25) is 0 Å². The first-order valence-electron chi connectivity index (χ1n) is 4.72. The average Bonchev–Trinajstić information content (AvgIpc) is 2.16. The van der Waals surface area contributed by atoms with Crippen LogP contribution in [0.3, 0.4) is 0 Å². The molecular formula is C9H18N2O2. The van der Waals surface area contributed by atoms with E-state index in [1.807, 2.05) is 6.92 Å². The summed E-state index contributed by atoms with van der Waals surface area (Å²) in [4.78, 5) is 13.2. The maximum atomic E-state index is 11.5. The third kappa shape index (κ3) is 2.67. The average molecular weight is 186 g/mol. The predicted octanol–water partition coefficient (Wildman–Crippen LogP) is -0.0290. The van der Waals surface area contributed by atoms with Gasteiger partial charge in [0.05, 0.1) is 13.0 Å². The maximum Gasteiger partial charge on any atom is 0.224 e. The molecule has 1 aliphatic rings. The van der Waals surface area contributed by atoms with E-state index in [4.69, 9.17) is 10.5 Å². The van der Waals surface area contributed by atoms with Crippen molar-refractivity contribution in [2.75, 3.05) is 20.3 Å². The summed E-state index contributed by atoms with van der Waals surface area (Å²) in [6, 6.07) is 0.126. The summed E-state index contributed by atoms with van der Waals surface area (Å²) >= 11 is 0. The topological polar surface area (TPSA) is 55.6 Å². The van der Waals surface area contributed by atoms with Crippen LogP contribution in [0.25, 0.3) is 0 Å². The monoisotopic (exact) mass is 186 g/mol. The fourth-order valence-electron chi connectivity index (χ4n) is 1.41. The summed E-state index contributed by atoms with van der Waals surface area (Å²) < 4.78 is 5.26. The number of carbonyl (C=O) groups is 1. The van der Waals surface area contributed by atoms with E-state index < -0.39 is 0 Å². The molecule has 0 bridgehead atoms. The Bertz CT molecular complexity index is 184. The molecular weight excluding hydrogens is 168 g/mol. The van der Waals surface area contributed by atoms with Crippen LogP contribution in [-0.2, 0) is 9.53 Å². The zero-order valence-electron chi connectivity index (χ0n) is 8.32. The van der Waals surface area contributed by atoms with E-state index in [1.54, 1.807) is 11.9 Å². The van der Waals surface area contributed by atoms with Gasteiger partial charge >= 0.3 is 0 Å². The van der Waals surface area contributed by atoms with E-state index in [2.05, 4.69) is 0 Å². The second-order valence-electron chi connectivity index (χ2n) is 3.56. The van der Waals surface area contributed by atoms with E-state index in [0.717, 1.165) is 6.42 Å². The van der Waals surface area contributed by atoms with Crippen molar-refractivity contribution in [3.63, 3.8) is 0 Å². The Morgan fingerprint density at radius 3 is 2.92 bits per heavy atom. The minimum absolute atomic E-state index is 0.0204. The first-order valence-corrected chi connectivity index (χ1v) is 4.72. The summed E-state index contributed by atoms with van der Waals surface area (Å²) in [5, 5.41) is 0. The molecule has 0 spiro atoms. The zero-order chi connectivity index (χ0) is 9.84. The Morgan fingerprint density at radius 1 is 1.54 bits per heavy atom. The van der Waals surface area contributed by atoms with Gasteiger partial charge in [-0.1, -0.05) is 0 Å². The van der Waals surface area contributed by atoms with Crippen LogP contribution in [0, 0.1) is 0 Å². The highest BCUT2D eigenvalue weighted by molar-refractivity contribution is 5.76. The van der Waals surface area contributed by atoms with Crippen molar-refractivity contribution in [1.29, 1.82) is 0 Å². The normalized spacial score (nSPS) is 32.2. The maximum absolute atomic E-state index is 11.5. The van der Waals surface area contributed by atoms with Crippen molar-refractivity contribution in [2.45, 2.75) is 31.8 Å². The van der Waals surface area contributed by atoms with Crippen LogP contribution in [0.4, 0.5) is 0 Å². The second-order valence-corrected chi connectivity index (χ2v) is 3.56. The van der Waals surface area contributed by atoms with Gasteiger partial charge in [-0.2, -0.15) is 0 Å². The van der Waals surface area contributed by atoms with Gasteiger partial charge in [0, 0.05) is 25.7 Å². The van der Waals surface area contributed by atoms with E-state index in [1.165, 1.54) is 0 Å². The number of nitrogens with zero attached hydrogens (tertiary/aromatic N) is 1. The first-order chi connectivity index (χ1) is 6.13. The fourth-order valence-corrected chi connectivity index (χ4v) is 1.41. The van der Waals surface area contributed by atoms with Gasteiger partial charge in [-0.05, 0) is 13.3 Å². The quantitative estimate of drug-likeness (QED) is 0.578. The summed E-state index contributed by atoms with van der Waals surface area (Å²) in [6.45, 7) is 3.16. The van der Waals surface area contributed by atoms with Crippen molar-refractivity contribution < 1.29 is 9.53 Å². The third-order valence-electron chi connectivity index (χ3n) is 2.68. The van der Waals surface area contributed by atoms with Crippen LogP contribution >= 0.6 is 0 Å². The molecule has 4 nitrogen and oxygen atoms in total. The van der Waals surface area contributed by atoms with Crippen molar-refractivity contribution >= 4 is 5.91 Å². The molecule has 1 amide bonds. The van der Waals surface area contributed by atoms with Crippen molar-refractivity contribution in [3.05, 3.63) is 0 Å². The lowest BCUT2D eigenvalue weighted by atomic mass is 10.1. The van der Waals surface area contributed by atoms with Crippen LogP contribution in [-0.4, -0.2) is 43.2 Å². The number of rotatable bonds is 0. The zero-order valence-corrected chi connectivity index (χ0v) is 8.32. The molecule has 2 unspecified atom stereocenters. The molecule has 2 N–H and O–H groups in total. The van der Waals surface area contributed by atoms with Gasteiger partial charge in [-0.15, -0.1) is 0 Å². The molecule has 13 heavy (non-hydrogen) atoms. The molecule has 0 aliphatic carbocycles. The Balaban J connectivity index is 2.62. The predicted molar refractivity (Wildman–Crippen MR) is 50.3 cm³/mol. The van der Waals surface area contributed by atoms with Crippen LogP contribution in [0.15, 0.2) is 0 Å². The smallest absolute Gasteiger partial charge is 0.224 e. The number of likely N-dealkylation sites (N-methyl/N-ethyl adjacent to an activating group) is 1. The lowest BCUT2D eigenvalue weighted by Crippen LogP contribution is -2.46. The molecule has 0 aromatic rings. The molecule has 76 valence electrons. The van der Waals surface area contributed by atoms with Crippen molar-refractivity contribution in [1.82, 2.24) is 4.90 Å². The van der Waals surface area contributed by atoms with Crippen LogP contribution in [0.5, 0.6) is 0 Å². The molecule has 1 aliphatic heterocycles. The molecule has 4 heteroatoms. The summed E-state index contributed by atoms with van der Waals surface area (Å²) in [7, 11) is 1.80. The SMILES string of the molecule is CC1C(N)CCOCCC(=O)N1C. The number of hydrogen-bond donors (Lipinski definition) is 1. The van der Waals surface area contributed by atoms with E-state index in [0.29, 0.717) is 19.6 Å². The molecule has 1 heterocycles. The number of carbonyl (C=O) groups excluding carboxylic acids is 1.